The summed E-state index contributed by atoms with van der Waals surface area (Å²) in [7, 11) is 0. The second-order valence-corrected chi connectivity index (χ2v) is 11.7. The second-order valence-electron chi connectivity index (χ2n) is 10.7. The summed E-state index contributed by atoms with van der Waals surface area (Å²) in [4.78, 5) is 32.1. The smallest absolute Gasteiger partial charge is 0.291 e. The van der Waals surface area contributed by atoms with Gasteiger partial charge in [-0.3, -0.25) is 9.59 Å². The third-order valence-corrected chi connectivity index (χ3v) is 8.99. The number of anilines is 1. The average molecular weight is 531 g/mol. The molecule has 0 aliphatic heterocycles. The minimum Gasteiger partial charge on any atom is -0.459 e. The summed E-state index contributed by atoms with van der Waals surface area (Å²) in [5.41, 5.74) is 10.2. The number of fused-ring (bicyclic) bond motifs is 2. The average Bonchev–Trinajstić information content (AvgIpc) is 3.60. The Balaban J connectivity index is 1.31. The molecular weight excluding hydrogens is 496 g/mol. The van der Waals surface area contributed by atoms with Crippen molar-refractivity contribution in [2.45, 2.75) is 52.5 Å². The number of rotatable bonds is 8. The first-order chi connectivity index (χ1) is 18.3. The van der Waals surface area contributed by atoms with E-state index < -0.39 is 6.04 Å². The first kappa shape index (κ1) is 26.1. The fraction of sp³-hybridized carbons (Fsp3) is 0.367. The maximum atomic E-state index is 13.3. The zero-order valence-electron chi connectivity index (χ0n) is 22.0. The second kappa shape index (κ2) is 10.7. The highest BCUT2D eigenvalue weighted by molar-refractivity contribution is 7.20. The Bertz CT molecular complexity index is 1460. The van der Waals surface area contributed by atoms with E-state index >= 15 is 0 Å². The van der Waals surface area contributed by atoms with Crippen molar-refractivity contribution in [1.29, 1.82) is 0 Å². The van der Waals surface area contributed by atoms with E-state index in [2.05, 4.69) is 37.5 Å². The van der Waals surface area contributed by atoms with Gasteiger partial charge in [0.15, 0.2) is 5.76 Å². The van der Waals surface area contributed by atoms with Gasteiger partial charge in [0.1, 0.15) is 4.83 Å². The number of nitrogens with zero attached hydrogens (tertiary/aromatic N) is 1. The van der Waals surface area contributed by atoms with Crippen LogP contribution >= 0.6 is 11.3 Å². The number of benzene rings is 1. The number of furan rings is 1. The molecule has 2 amide bonds. The molecule has 38 heavy (non-hydrogen) atoms. The molecule has 1 aliphatic carbocycles. The first-order valence-corrected chi connectivity index (χ1v) is 14.0. The van der Waals surface area contributed by atoms with Crippen molar-refractivity contribution in [2.75, 3.05) is 11.9 Å². The standard InChI is InChI=1S/C30H34N4O3S/c1-4-30(2,3)21-10-11-23-19(14-21)13-20-16-26(38-29(20)34-23)28(36)33-24(17-31)18-7-5-8-22(15-18)32-27(35)25-9-6-12-37-25/h5-9,12-13,15-16,21,24H,4,10-11,14,17,31H2,1-3H3,(H,32,35)(H,33,36)/t21-,24+/m0/s1. The molecule has 0 radical (unpaired) electrons. The Hall–Kier alpha value is -3.49. The predicted octanol–water partition coefficient (Wildman–Crippen LogP) is 6.11. The van der Waals surface area contributed by atoms with Gasteiger partial charge in [-0.25, -0.2) is 4.98 Å². The summed E-state index contributed by atoms with van der Waals surface area (Å²) < 4.78 is 5.16. The van der Waals surface area contributed by atoms with Crippen LogP contribution in [0.3, 0.4) is 0 Å². The highest BCUT2D eigenvalue weighted by Crippen LogP contribution is 2.40. The Morgan fingerprint density at radius 2 is 2.03 bits per heavy atom. The lowest BCUT2D eigenvalue weighted by Gasteiger charge is -2.36. The van der Waals surface area contributed by atoms with Gasteiger partial charge in [0.2, 0.25) is 0 Å². The maximum Gasteiger partial charge on any atom is 0.291 e. The Morgan fingerprint density at radius 3 is 2.76 bits per heavy atom. The fourth-order valence-electron chi connectivity index (χ4n) is 5.13. The van der Waals surface area contributed by atoms with Crippen LogP contribution in [0.4, 0.5) is 5.69 Å². The van der Waals surface area contributed by atoms with Gasteiger partial charge in [0, 0.05) is 23.3 Å². The van der Waals surface area contributed by atoms with Gasteiger partial charge in [-0.2, -0.15) is 0 Å². The van der Waals surface area contributed by atoms with E-state index in [4.69, 9.17) is 15.1 Å². The monoisotopic (exact) mass is 530 g/mol. The van der Waals surface area contributed by atoms with Crippen LogP contribution in [0.1, 0.15) is 76.7 Å². The van der Waals surface area contributed by atoms with Crippen molar-refractivity contribution < 1.29 is 14.0 Å². The molecule has 0 spiro atoms. The molecule has 198 valence electrons. The number of hydrogen-bond acceptors (Lipinski definition) is 6. The van der Waals surface area contributed by atoms with Crippen LogP contribution < -0.4 is 16.4 Å². The lowest BCUT2D eigenvalue weighted by atomic mass is 9.69. The topological polar surface area (TPSA) is 110 Å². The van der Waals surface area contributed by atoms with E-state index in [0.29, 0.717) is 21.9 Å². The summed E-state index contributed by atoms with van der Waals surface area (Å²) >= 11 is 1.42. The SMILES string of the molecule is CCC(C)(C)[C@H]1CCc2nc3sc(C(=O)N[C@H](CN)c4cccc(NC(=O)c5ccco5)c4)cc3cc2C1. The summed E-state index contributed by atoms with van der Waals surface area (Å²) in [6.45, 7) is 7.20. The summed E-state index contributed by atoms with van der Waals surface area (Å²) in [5.74, 6) is 0.344. The number of amides is 2. The number of thiophene rings is 1. The Kier molecular flexibility index (Phi) is 7.36. The molecule has 5 rings (SSSR count). The normalized spacial score (nSPS) is 16.2. The van der Waals surface area contributed by atoms with Crippen LogP contribution in [0.25, 0.3) is 10.2 Å². The third-order valence-electron chi connectivity index (χ3n) is 7.95. The van der Waals surface area contributed by atoms with Crippen LogP contribution in [-0.4, -0.2) is 23.3 Å². The molecular formula is C30H34N4O3S. The van der Waals surface area contributed by atoms with Gasteiger partial charge in [-0.05, 0) is 78.1 Å². The van der Waals surface area contributed by atoms with Gasteiger partial charge < -0.3 is 20.8 Å². The summed E-state index contributed by atoms with van der Waals surface area (Å²) in [5, 5.41) is 6.89. The van der Waals surface area contributed by atoms with Crippen LogP contribution in [0.15, 0.2) is 59.2 Å². The molecule has 3 heterocycles. The number of carbonyl (C=O) groups is 2. The van der Waals surface area contributed by atoms with Crippen molar-refractivity contribution in [3.8, 4) is 0 Å². The van der Waals surface area contributed by atoms with Crippen LogP contribution in [0.5, 0.6) is 0 Å². The molecule has 0 fully saturated rings. The molecule has 0 saturated heterocycles. The van der Waals surface area contributed by atoms with Crippen molar-refractivity contribution in [3.63, 3.8) is 0 Å². The summed E-state index contributed by atoms with van der Waals surface area (Å²) in [6, 6.07) is 14.3. The largest absolute Gasteiger partial charge is 0.459 e. The number of nitrogens with two attached hydrogens (primary N) is 1. The molecule has 0 saturated carbocycles. The van der Waals surface area contributed by atoms with Gasteiger partial charge in [-0.15, -0.1) is 11.3 Å². The van der Waals surface area contributed by atoms with Gasteiger partial charge in [0.05, 0.1) is 17.2 Å². The van der Waals surface area contributed by atoms with Crippen LogP contribution in [0.2, 0.25) is 0 Å². The molecule has 3 aromatic heterocycles. The van der Waals surface area contributed by atoms with Crippen molar-refractivity contribution in [1.82, 2.24) is 10.3 Å². The quantitative estimate of drug-likeness (QED) is 0.254. The van der Waals surface area contributed by atoms with Gasteiger partial charge in [0.25, 0.3) is 11.8 Å². The molecule has 7 nitrogen and oxygen atoms in total. The number of pyridine rings is 1. The lowest BCUT2D eigenvalue weighted by Crippen LogP contribution is -2.33. The minimum absolute atomic E-state index is 0.184. The molecule has 1 aliphatic rings. The van der Waals surface area contributed by atoms with E-state index in [1.54, 1.807) is 18.2 Å². The Morgan fingerprint density at radius 1 is 1.18 bits per heavy atom. The highest BCUT2D eigenvalue weighted by atomic mass is 32.1. The summed E-state index contributed by atoms with van der Waals surface area (Å²) in [6.07, 6.45) is 5.80. The predicted molar refractivity (Wildman–Crippen MR) is 152 cm³/mol. The van der Waals surface area contributed by atoms with E-state index in [-0.39, 0.29) is 24.1 Å². The van der Waals surface area contributed by atoms with E-state index in [9.17, 15) is 9.59 Å². The van der Waals surface area contributed by atoms with Gasteiger partial charge in [-0.1, -0.05) is 39.3 Å². The van der Waals surface area contributed by atoms with Crippen LogP contribution in [0, 0.1) is 11.3 Å². The van der Waals surface area contributed by atoms with E-state index in [1.807, 2.05) is 24.3 Å². The fourth-order valence-corrected chi connectivity index (χ4v) is 6.07. The molecule has 1 aromatic carbocycles. The van der Waals surface area contributed by atoms with Crippen LogP contribution in [-0.2, 0) is 12.8 Å². The number of nitrogens with one attached hydrogen (secondary N) is 2. The first-order valence-electron chi connectivity index (χ1n) is 13.2. The number of aryl methyl sites for hydroxylation is 1. The highest BCUT2D eigenvalue weighted by Gasteiger charge is 2.32. The van der Waals surface area contributed by atoms with Gasteiger partial charge >= 0.3 is 0 Å². The molecule has 2 atom stereocenters. The zero-order chi connectivity index (χ0) is 26.9. The van der Waals surface area contributed by atoms with Crippen molar-refractivity contribution in [2.24, 2.45) is 17.1 Å². The molecule has 0 bridgehead atoms. The Labute approximate surface area is 226 Å². The zero-order valence-corrected chi connectivity index (χ0v) is 22.9. The molecule has 4 aromatic rings. The third kappa shape index (κ3) is 5.37. The van der Waals surface area contributed by atoms with E-state index in [0.717, 1.165) is 41.5 Å². The number of hydrogen-bond donors (Lipinski definition) is 3. The maximum absolute atomic E-state index is 13.3. The minimum atomic E-state index is -0.411. The van der Waals surface area contributed by atoms with E-state index in [1.165, 1.54) is 28.9 Å². The van der Waals surface area contributed by atoms with Crippen molar-refractivity contribution in [3.05, 3.63) is 82.3 Å². The molecule has 0 unspecified atom stereocenters. The molecule has 4 N–H and O–H groups in total. The number of carbonyl (C=O) groups excluding carboxylic acids is 2. The lowest BCUT2D eigenvalue weighted by molar-refractivity contribution is 0.0940. The van der Waals surface area contributed by atoms with Crippen molar-refractivity contribution >= 4 is 39.1 Å². The number of aromatic nitrogens is 1. The molecule has 8 heteroatoms.